The minimum atomic E-state index is 1.05. The van der Waals surface area contributed by atoms with Crippen LogP contribution in [-0.4, -0.2) is 0 Å². The molecule has 6 rings (SSSR count). The molecule has 0 bridgehead atoms. The average Bonchev–Trinajstić information content (AvgIpc) is 3.13. The maximum atomic E-state index is 3.40. The monoisotopic (exact) mass is 440 g/mol. The quantitative estimate of drug-likeness (QED) is 0.207. The van der Waals surface area contributed by atoms with Gasteiger partial charge >= 0.3 is 0 Å². The van der Waals surface area contributed by atoms with Crippen molar-refractivity contribution in [1.29, 1.82) is 0 Å². The Labute approximate surface area is 198 Å². The molecule has 0 fully saturated rings. The second kappa shape index (κ2) is 7.48. The number of hydrogen-bond donors (Lipinski definition) is 0. The van der Waals surface area contributed by atoms with Crippen molar-refractivity contribution in [2.75, 3.05) is 0 Å². The number of hydrogen-bond acceptors (Lipinski definition) is 1. The zero-order chi connectivity index (χ0) is 22.7. The minimum absolute atomic E-state index is 1.05. The van der Waals surface area contributed by atoms with E-state index in [0.29, 0.717) is 0 Å². The molecule has 0 spiro atoms. The predicted molar refractivity (Wildman–Crippen MR) is 146 cm³/mol. The summed E-state index contributed by atoms with van der Waals surface area (Å²) in [6, 6.07) is 27.0. The number of thiophene rings is 1. The molecule has 33 heavy (non-hydrogen) atoms. The van der Waals surface area contributed by atoms with Crippen LogP contribution in [0.4, 0.5) is 0 Å². The summed E-state index contributed by atoms with van der Waals surface area (Å²) in [4.78, 5) is 0. The molecule has 0 aliphatic heterocycles. The molecule has 1 aromatic heterocycles. The van der Waals surface area contributed by atoms with E-state index >= 15 is 0 Å². The summed E-state index contributed by atoms with van der Waals surface area (Å²) in [5.41, 5.74) is 7.33. The van der Waals surface area contributed by atoms with E-state index in [1.165, 1.54) is 64.0 Å². The van der Waals surface area contributed by atoms with Crippen molar-refractivity contribution in [3.8, 4) is 11.8 Å². The van der Waals surface area contributed by atoms with Crippen molar-refractivity contribution in [2.24, 2.45) is 0 Å². The van der Waals surface area contributed by atoms with Crippen LogP contribution < -0.4 is 0 Å². The van der Waals surface area contributed by atoms with Crippen LogP contribution in [0.15, 0.2) is 72.8 Å². The van der Waals surface area contributed by atoms with Crippen molar-refractivity contribution >= 4 is 53.1 Å². The summed E-state index contributed by atoms with van der Waals surface area (Å²) >= 11 is 1.89. The molecule has 0 saturated carbocycles. The number of benzene rings is 5. The molecule has 0 aliphatic rings. The summed E-state index contributed by atoms with van der Waals surface area (Å²) in [7, 11) is 0. The maximum Gasteiger partial charge on any atom is 0.0361 e. The summed E-state index contributed by atoms with van der Waals surface area (Å²) in [6.45, 7) is 8.65. The molecule has 5 aromatic carbocycles. The van der Waals surface area contributed by atoms with E-state index in [9.17, 15) is 0 Å². The van der Waals surface area contributed by atoms with Gasteiger partial charge in [-0.05, 0) is 108 Å². The first-order valence-corrected chi connectivity index (χ1v) is 12.2. The van der Waals surface area contributed by atoms with E-state index < -0.39 is 0 Å². The summed E-state index contributed by atoms with van der Waals surface area (Å²) in [5.74, 6) is 6.73. The fourth-order valence-electron chi connectivity index (χ4n) is 4.62. The minimum Gasteiger partial charge on any atom is -0.135 e. The highest BCUT2D eigenvalue weighted by Crippen LogP contribution is 2.39. The molecule has 158 valence electrons. The molecule has 0 atom stereocenters. The van der Waals surface area contributed by atoms with Gasteiger partial charge in [-0.3, -0.25) is 0 Å². The van der Waals surface area contributed by atoms with Gasteiger partial charge in [0.2, 0.25) is 0 Å². The van der Waals surface area contributed by atoms with Gasteiger partial charge in [-0.25, -0.2) is 0 Å². The number of fused-ring (bicyclic) bond motifs is 5. The molecule has 0 unspecified atom stereocenters. The lowest BCUT2D eigenvalue weighted by molar-refractivity contribution is 1.37. The highest BCUT2D eigenvalue weighted by atomic mass is 32.1. The van der Waals surface area contributed by atoms with Crippen LogP contribution >= 0.6 is 11.3 Å². The fraction of sp³-hybridized carbons (Fsp3) is 0.125. The van der Waals surface area contributed by atoms with Gasteiger partial charge in [-0.1, -0.05) is 47.7 Å². The van der Waals surface area contributed by atoms with E-state index in [0.717, 1.165) is 11.1 Å². The molecular formula is C32H24S. The Morgan fingerprint density at radius 1 is 0.515 bits per heavy atom. The summed E-state index contributed by atoms with van der Waals surface area (Å²) < 4.78 is 2.69. The van der Waals surface area contributed by atoms with Gasteiger partial charge in [-0.2, -0.15) is 0 Å². The third kappa shape index (κ3) is 3.48. The Balaban J connectivity index is 1.52. The highest BCUT2D eigenvalue weighted by molar-refractivity contribution is 7.26. The van der Waals surface area contributed by atoms with Crippen molar-refractivity contribution in [2.45, 2.75) is 27.7 Å². The molecular weight excluding hydrogens is 416 g/mol. The predicted octanol–water partition coefficient (Wildman–Crippen LogP) is 8.99. The van der Waals surface area contributed by atoms with Crippen LogP contribution in [0, 0.1) is 39.5 Å². The third-order valence-corrected chi connectivity index (χ3v) is 7.85. The molecule has 1 heteroatoms. The van der Waals surface area contributed by atoms with Gasteiger partial charge in [0.25, 0.3) is 0 Å². The second-order valence-electron chi connectivity index (χ2n) is 9.21. The average molecular weight is 441 g/mol. The van der Waals surface area contributed by atoms with Gasteiger partial charge in [0.15, 0.2) is 0 Å². The standard InChI is InChI=1S/C32H24S/c1-19-5-7-23(8-6-19)9-10-24-14-28-18-32-30(16-26(28)13-22(24)4)29-15-25-11-20(2)21(3)12-27(25)17-31(29)33-32/h5-8,11-18H,1-4H3. The van der Waals surface area contributed by atoms with Crippen molar-refractivity contribution in [3.63, 3.8) is 0 Å². The van der Waals surface area contributed by atoms with Crippen molar-refractivity contribution in [1.82, 2.24) is 0 Å². The second-order valence-corrected chi connectivity index (χ2v) is 10.3. The Bertz CT molecular complexity index is 1780. The zero-order valence-corrected chi connectivity index (χ0v) is 20.2. The highest BCUT2D eigenvalue weighted by Gasteiger charge is 2.10. The van der Waals surface area contributed by atoms with Gasteiger partial charge in [0, 0.05) is 31.3 Å². The fourth-order valence-corrected chi connectivity index (χ4v) is 5.78. The Kier molecular flexibility index (Phi) is 4.54. The Morgan fingerprint density at radius 2 is 1.03 bits per heavy atom. The molecule has 0 radical (unpaired) electrons. The first kappa shape index (κ1) is 20.0. The molecule has 0 nitrogen and oxygen atoms in total. The molecule has 0 saturated heterocycles. The zero-order valence-electron chi connectivity index (χ0n) is 19.3. The molecule has 0 N–H and O–H groups in total. The van der Waals surface area contributed by atoms with Crippen LogP contribution in [0.3, 0.4) is 0 Å². The maximum absolute atomic E-state index is 3.40. The lowest BCUT2D eigenvalue weighted by Gasteiger charge is -2.05. The van der Waals surface area contributed by atoms with E-state index in [4.69, 9.17) is 0 Å². The van der Waals surface area contributed by atoms with Crippen LogP contribution in [0.5, 0.6) is 0 Å². The topological polar surface area (TPSA) is 0 Å². The molecule has 0 aliphatic carbocycles. The molecule has 1 heterocycles. The summed E-state index contributed by atoms with van der Waals surface area (Å²) in [5, 5.41) is 7.88. The SMILES string of the molecule is Cc1ccc(C#Cc2cc3cc4sc5cc6cc(C)c(C)cc6cc5c4cc3cc2C)cc1. The summed E-state index contributed by atoms with van der Waals surface area (Å²) in [6.07, 6.45) is 0. The van der Waals surface area contributed by atoms with Crippen molar-refractivity contribution in [3.05, 3.63) is 106 Å². The van der Waals surface area contributed by atoms with Crippen LogP contribution in [0.2, 0.25) is 0 Å². The van der Waals surface area contributed by atoms with Gasteiger partial charge in [0.05, 0.1) is 0 Å². The van der Waals surface area contributed by atoms with Gasteiger partial charge < -0.3 is 0 Å². The Morgan fingerprint density at radius 3 is 1.64 bits per heavy atom. The largest absolute Gasteiger partial charge is 0.135 e. The first-order valence-electron chi connectivity index (χ1n) is 11.3. The van der Waals surface area contributed by atoms with Gasteiger partial charge in [0.1, 0.15) is 0 Å². The number of aryl methyl sites for hydroxylation is 4. The lowest BCUT2D eigenvalue weighted by Crippen LogP contribution is -1.85. The smallest absolute Gasteiger partial charge is 0.0361 e. The van der Waals surface area contributed by atoms with E-state index in [1.807, 2.05) is 11.3 Å². The normalized spacial score (nSPS) is 11.4. The Hall–Kier alpha value is -3.60. The van der Waals surface area contributed by atoms with E-state index in [-0.39, 0.29) is 0 Å². The van der Waals surface area contributed by atoms with Crippen LogP contribution in [-0.2, 0) is 0 Å². The third-order valence-electron chi connectivity index (χ3n) is 6.74. The molecule has 0 amide bonds. The first-order chi connectivity index (χ1) is 15.9. The van der Waals surface area contributed by atoms with E-state index in [2.05, 4.69) is 112 Å². The van der Waals surface area contributed by atoms with E-state index in [1.54, 1.807) is 0 Å². The van der Waals surface area contributed by atoms with Crippen molar-refractivity contribution < 1.29 is 0 Å². The number of rotatable bonds is 0. The lowest BCUT2D eigenvalue weighted by atomic mass is 9.98. The van der Waals surface area contributed by atoms with Gasteiger partial charge in [-0.15, -0.1) is 11.3 Å². The molecule has 6 aromatic rings. The van der Waals surface area contributed by atoms with Crippen LogP contribution in [0.1, 0.15) is 33.4 Å². The van der Waals surface area contributed by atoms with Crippen LogP contribution in [0.25, 0.3) is 41.7 Å².